The Morgan fingerprint density at radius 3 is 3.17 bits per heavy atom. The van der Waals surface area contributed by atoms with Crippen LogP contribution < -0.4 is 10.6 Å². The maximum atomic E-state index is 11.7. The fraction of sp³-hybridized carbons (Fsp3) is 0.786. The number of hydrogen-bond donors (Lipinski definition) is 2. The van der Waals surface area contributed by atoms with E-state index in [0.717, 1.165) is 39.0 Å². The van der Waals surface area contributed by atoms with Gasteiger partial charge in [0.25, 0.3) is 0 Å². The zero-order valence-electron chi connectivity index (χ0n) is 11.0. The normalized spacial score (nSPS) is 24.4. The molecular formula is C14H24N2O2. The molecule has 0 spiro atoms. The molecule has 0 bridgehead atoms. The molecule has 0 saturated carbocycles. The Bertz CT molecular complexity index is 296. The van der Waals surface area contributed by atoms with Crippen LogP contribution in [0.5, 0.6) is 0 Å². The van der Waals surface area contributed by atoms with Crippen LogP contribution in [0, 0.1) is 0 Å². The molecule has 1 fully saturated rings. The highest BCUT2D eigenvalue weighted by molar-refractivity contribution is 5.76. The Morgan fingerprint density at radius 1 is 1.50 bits per heavy atom. The molecule has 1 saturated heterocycles. The SMILES string of the molecule is O=C(CCC1CCCCO1)NCC1=CCNCC1. The molecule has 2 rings (SSSR count). The van der Waals surface area contributed by atoms with E-state index < -0.39 is 0 Å². The first-order valence-electron chi connectivity index (χ1n) is 7.11. The van der Waals surface area contributed by atoms with E-state index in [9.17, 15) is 4.79 Å². The summed E-state index contributed by atoms with van der Waals surface area (Å²) in [5, 5.41) is 6.27. The van der Waals surface area contributed by atoms with Gasteiger partial charge in [-0.25, -0.2) is 0 Å². The monoisotopic (exact) mass is 252 g/mol. The molecule has 4 heteroatoms. The summed E-state index contributed by atoms with van der Waals surface area (Å²) in [5.41, 5.74) is 1.34. The van der Waals surface area contributed by atoms with Crippen LogP contribution in [0.25, 0.3) is 0 Å². The molecule has 0 radical (unpaired) electrons. The van der Waals surface area contributed by atoms with Crippen LogP contribution >= 0.6 is 0 Å². The van der Waals surface area contributed by atoms with Gasteiger partial charge in [-0.2, -0.15) is 0 Å². The minimum absolute atomic E-state index is 0.156. The van der Waals surface area contributed by atoms with Crippen molar-refractivity contribution in [1.29, 1.82) is 0 Å². The van der Waals surface area contributed by atoms with Crippen molar-refractivity contribution in [2.45, 2.75) is 44.6 Å². The maximum Gasteiger partial charge on any atom is 0.220 e. The molecule has 102 valence electrons. The van der Waals surface area contributed by atoms with Gasteiger partial charge in [0.05, 0.1) is 6.10 Å². The van der Waals surface area contributed by atoms with Gasteiger partial charge in [0.1, 0.15) is 0 Å². The van der Waals surface area contributed by atoms with E-state index in [0.29, 0.717) is 19.1 Å². The average Bonchev–Trinajstić information content (AvgIpc) is 2.45. The average molecular weight is 252 g/mol. The molecule has 0 aromatic rings. The van der Waals surface area contributed by atoms with Crippen LogP contribution in [0.3, 0.4) is 0 Å². The highest BCUT2D eigenvalue weighted by Crippen LogP contribution is 2.16. The molecular weight excluding hydrogens is 228 g/mol. The van der Waals surface area contributed by atoms with Crippen molar-refractivity contribution < 1.29 is 9.53 Å². The fourth-order valence-electron chi connectivity index (χ4n) is 2.46. The molecule has 1 amide bonds. The summed E-state index contributed by atoms with van der Waals surface area (Å²) in [4.78, 5) is 11.7. The number of nitrogens with one attached hydrogen (secondary N) is 2. The van der Waals surface area contributed by atoms with Crippen molar-refractivity contribution in [3.63, 3.8) is 0 Å². The molecule has 0 aromatic carbocycles. The van der Waals surface area contributed by atoms with Gasteiger partial charge in [0, 0.05) is 26.1 Å². The summed E-state index contributed by atoms with van der Waals surface area (Å²) in [7, 11) is 0. The lowest BCUT2D eigenvalue weighted by Crippen LogP contribution is -2.30. The molecule has 2 aliphatic rings. The second-order valence-electron chi connectivity index (χ2n) is 5.12. The predicted octanol–water partition coefficient (Wildman–Crippen LogP) is 1.37. The zero-order chi connectivity index (χ0) is 12.6. The second kappa shape index (κ2) is 7.54. The predicted molar refractivity (Wildman–Crippen MR) is 71.4 cm³/mol. The van der Waals surface area contributed by atoms with Gasteiger partial charge in [0.15, 0.2) is 0 Å². The third kappa shape index (κ3) is 4.78. The van der Waals surface area contributed by atoms with Crippen LogP contribution in [-0.2, 0) is 9.53 Å². The molecule has 2 aliphatic heterocycles. The molecule has 2 N–H and O–H groups in total. The Labute approximate surface area is 109 Å². The summed E-state index contributed by atoms with van der Waals surface area (Å²) in [6.07, 6.45) is 8.52. The van der Waals surface area contributed by atoms with Gasteiger partial charge < -0.3 is 15.4 Å². The number of carbonyl (C=O) groups excluding carboxylic acids is 1. The summed E-state index contributed by atoms with van der Waals surface area (Å²) in [5.74, 6) is 0.156. The lowest BCUT2D eigenvalue weighted by molar-refractivity contribution is -0.121. The first kappa shape index (κ1) is 13.6. The van der Waals surface area contributed by atoms with E-state index in [1.165, 1.54) is 18.4 Å². The summed E-state index contributed by atoms with van der Waals surface area (Å²) < 4.78 is 5.62. The molecule has 4 nitrogen and oxygen atoms in total. The molecule has 1 unspecified atom stereocenters. The number of ether oxygens (including phenoxy) is 1. The van der Waals surface area contributed by atoms with Gasteiger partial charge in [-0.1, -0.05) is 11.6 Å². The number of amides is 1. The maximum absolute atomic E-state index is 11.7. The van der Waals surface area contributed by atoms with E-state index >= 15 is 0 Å². The van der Waals surface area contributed by atoms with Gasteiger partial charge in [0.2, 0.25) is 5.91 Å². The van der Waals surface area contributed by atoms with Crippen molar-refractivity contribution in [2.24, 2.45) is 0 Å². The third-order valence-corrected chi connectivity index (χ3v) is 3.64. The lowest BCUT2D eigenvalue weighted by atomic mass is 10.0. The molecule has 1 atom stereocenters. The van der Waals surface area contributed by atoms with E-state index in [1.54, 1.807) is 0 Å². The second-order valence-corrected chi connectivity index (χ2v) is 5.12. The first-order valence-corrected chi connectivity index (χ1v) is 7.11. The molecule has 2 heterocycles. The third-order valence-electron chi connectivity index (χ3n) is 3.64. The largest absolute Gasteiger partial charge is 0.378 e. The van der Waals surface area contributed by atoms with Crippen molar-refractivity contribution in [1.82, 2.24) is 10.6 Å². The number of hydrogen-bond acceptors (Lipinski definition) is 3. The van der Waals surface area contributed by atoms with Gasteiger partial charge in [-0.05, 0) is 38.6 Å². The standard InChI is InChI=1S/C14H24N2O2/c17-14(5-4-13-3-1-2-10-18-13)16-11-12-6-8-15-9-7-12/h6,13,15H,1-5,7-11H2,(H,16,17). The highest BCUT2D eigenvalue weighted by Gasteiger charge is 2.15. The Kier molecular flexibility index (Phi) is 5.68. The van der Waals surface area contributed by atoms with Gasteiger partial charge >= 0.3 is 0 Å². The van der Waals surface area contributed by atoms with Crippen LogP contribution in [0.2, 0.25) is 0 Å². The topological polar surface area (TPSA) is 50.4 Å². The molecule has 0 aliphatic carbocycles. The van der Waals surface area contributed by atoms with E-state index in [1.807, 2.05) is 0 Å². The number of carbonyl (C=O) groups is 1. The molecule has 18 heavy (non-hydrogen) atoms. The van der Waals surface area contributed by atoms with Crippen LogP contribution in [0.1, 0.15) is 38.5 Å². The summed E-state index contributed by atoms with van der Waals surface area (Å²) in [6.45, 7) is 3.54. The zero-order valence-corrected chi connectivity index (χ0v) is 11.0. The van der Waals surface area contributed by atoms with Crippen LogP contribution in [-0.4, -0.2) is 38.3 Å². The Balaban J connectivity index is 1.58. The molecule has 0 aromatic heterocycles. The first-order chi connectivity index (χ1) is 8.84. The minimum atomic E-state index is 0.156. The van der Waals surface area contributed by atoms with Crippen LogP contribution in [0.4, 0.5) is 0 Å². The number of rotatable bonds is 5. The Hall–Kier alpha value is -0.870. The van der Waals surface area contributed by atoms with Gasteiger partial charge in [-0.3, -0.25) is 4.79 Å². The van der Waals surface area contributed by atoms with Crippen molar-refractivity contribution >= 4 is 5.91 Å². The Morgan fingerprint density at radius 2 is 2.44 bits per heavy atom. The van der Waals surface area contributed by atoms with Crippen molar-refractivity contribution in [3.05, 3.63) is 11.6 Å². The van der Waals surface area contributed by atoms with E-state index in [-0.39, 0.29) is 5.91 Å². The van der Waals surface area contributed by atoms with E-state index in [4.69, 9.17) is 4.74 Å². The minimum Gasteiger partial charge on any atom is -0.378 e. The van der Waals surface area contributed by atoms with Crippen molar-refractivity contribution in [3.8, 4) is 0 Å². The van der Waals surface area contributed by atoms with E-state index in [2.05, 4.69) is 16.7 Å². The van der Waals surface area contributed by atoms with Crippen molar-refractivity contribution in [2.75, 3.05) is 26.2 Å². The van der Waals surface area contributed by atoms with Gasteiger partial charge in [-0.15, -0.1) is 0 Å². The van der Waals surface area contributed by atoms with Crippen LogP contribution in [0.15, 0.2) is 11.6 Å². The summed E-state index contributed by atoms with van der Waals surface area (Å²) in [6, 6.07) is 0. The smallest absolute Gasteiger partial charge is 0.220 e. The highest BCUT2D eigenvalue weighted by atomic mass is 16.5. The summed E-state index contributed by atoms with van der Waals surface area (Å²) >= 11 is 0. The quantitative estimate of drug-likeness (QED) is 0.727. The lowest BCUT2D eigenvalue weighted by Gasteiger charge is -2.22. The fourth-order valence-corrected chi connectivity index (χ4v) is 2.46.